The molecule has 1 N–H and O–H groups in total. The Bertz CT molecular complexity index is 1560. The number of nitrogens with one attached hydrogen (secondary N) is 1. The van der Waals surface area contributed by atoms with Crippen molar-refractivity contribution in [1.82, 2.24) is 14.5 Å². The maximum atomic E-state index is 13.6. The van der Waals surface area contributed by atoms with Gasteiger partial charge in [0.25, 0.3) is 5.91 Å². The van der Waals surface area contributed by atoms with Crippen LogP contribution in [0.1, 0.15) is 28.8 Å². The van der Waals surface area contributed by atoms with Gasteiger partial charge in [-0.05, 0) is 55.7 Å². The van der Waals surface area contributed by atoms with Crippen LogP contribution in [0.15, 0.2) is 72.9 Å². The maximum absolute atomic E-state index is 13.6. The number of imidazole rings is 1. The van der Waals surface area contributed by atoms with Gasteiger partial charge in [0, 0.05) is 41.6 Å². The van der Waals surface area contributed by atoms with E-state index in [0.717, 1.165) is 24.0 Å². The molecule has 5 rings (SSSR count). The first kappa shape index (κ1) is 29.2. The van der Waals surface area contributed by atoms with Gasteiger partial charge >= 0.3 is 0 Å². The quantitative estimate of drug-likeness (QED) is 0.252. The van der Waals surface area contributed by atoms with Gasteiger partial charge in [0.15, 0.2) is 11.5 Å². The minimum Gasteiger partial charge on any atom is -0.493 e. The topological polar surface area (TPSA) is 94.9 Å². The van der Waals surface area contributed by atoms with Gasteiger partial charge in [-0.2, -0.15) is 0 Å². The van der Waals surface area contributed by atoms with Crippen molar-refractivity contribution < 1.29 is 23.8 Å². The molecule has 218 valence electrons. The van der Waals surface area contributed by atoms with Crippen LogP contribution in [0.2, 0.25) is 5.02 Å². The molecule has 1 saturated heterocycles. The van der Waals surface area contributed by atoms with E-state index in [2.05, 4.69) is 5.32 Å². The van der Waals surface area contributed by atoms with Gasteiger partial charge in [-0.1, -0.05) is 41.9 Å². The van der Waals surface area contributed by atoms with Crippen LogP contribution in [-0.2, 0) is 9.53 Å². The lowest BCUT2D eigenvalue weighted by atomic mass is 10.1. The Labute approximate surface area is 250 Å². The second-order valence-corrected chi connectivity index (χ2v) is 10.5. The molecule has 42 heavy (non-hydrogen) atoms. The molecule has 0 bridgehead atoms. The number of carbonyl (C=O) groups is 2. The highest BCUT2D eigenvalue weighted by Gasteiger charge is 2.27. The molecule has 1 aromatic heterocycles. The largest absolute Gasteiger partial charge is 0.493 e. The molecular formula is C32H33ClN4O5. The van der Waals surface area contributed by atoms with Crippen molar-refractivity contribution in [2.75, 3.05) is 39.2 Å². The minimum atomic E-state index is -0.384. The van der Waals surface area contributed by atoms with E-state index in [-0.39, 0.29) is 30.4 Å². The van der Waals surface area contributed by atoms with Crippen LogP contribution in [0, 0.1) is 6.92 Å². The van der Waals surface area contributed by atoms with Crippen molar-refractivity contribution in [2.45, 2.75) is 25.9 Å². The average Bonchev–Trinajstić information content (AvgIpc) is 3.67. The lowest BCUT2D eigenvalue weighted by Gasteiger charge is -2.25. The highest BCUT2D eigenvalue weighted by Crippen LogP contribution is 2.32. The van der Waals surface area contributed by atoms with Crippen LogP contribution in [0.3, 0.4) is 0 Å². The van der Waals surface area contributed by atoms with Crippen molar-refractivity contribution in [3.05, 3.63) is 89.1 Å². The van der Waals surface area contributed by atoms with Crippen LogP contribution >= 0.6 is 11.6 Å². The zero-order valence-corrected chi connectivity index (χ0v) is 24.6. The summed E-state index contributed by atoms with van der Waals surface area (Å²) in [6.07, 6.45) is 3.48. The van der Waals surface area contributed by atoms with Crippen LogP contribution < -0.4 is 14.8 Å². The van der Waals surface area contributed by atoms with E-state index in [1.807, 2.05) is 49.5 Å². The Hall–Kier alpha value is -4.34. The fourth-order valence-corrected chi connectivity index (χ4v) is 5.10. The van der Waals surface area contributed by atoms with Crippen molar-refractivity contribution in [2.24, 2.45) is 0 Å². The molecule has 0 saturated carbocycles. The molecule has 1 fully saturated rings. The number of amides is 2. The maximum Gasteiger partial charge on any atom is 0.254 e. The second kappa shape index (κ2) is 13.1. The highest BCUT2D eigenvalue weighted by atomic mass is 35.5. The third-order valence-corrected chi connectivity index (χ3v) is 7.44. The number of ether oxygens (including phenoxy) is 3. The van der Waals surface area contributed by atoms with Crippen LogP contribution in [0.5, 0.6) is 11.5 Å². The van der Waals surface area contributed by atoms with Crippen molar-refractivity contribution in [3.8, 4) is 28.4 Å². The lowest BCUT2D eigenvalue weighted by Crippen LogP contribution is -2.42. The number of aromatic nitrogens is 2. The van der Waals surface area contributed by atoms with E-state index in [4.69, 9.17) is 30.8 Å². The van der Waals surface area contributed by atoms with Gasteiger partial charge in [0.2, 0.25) is 11.9 Å². The number of nitrogens with zero attached hydrogens (tertiary/aromatic N) is 3. The third kappa shape index (κ3) is 6.58. The summed E-state index contributed by atoms with van der Waals surface area (Å²) in [6, 6.07) is 20.1. The number of rotatable bonds is 10. The summed E-state index contributed by atoms with van der Waals surface area (Å²) in [5.74, 6) is 0.788. The van der Waals surface area contributed by atoms with E-state index < -0.39 is 0 Å². The molecule has 3 aromatic carbocycles. The Morgan fingerprint density at radius 1 is 1.07 bits per heavy atom. The first-order chi connectivity index (χ1) is 20.4. The summed E-state index contributed by atoms with van der Waals surface area (Å²) in [4.78, 5) is 33.5. The molecule has 1 aliphatic heterocycles. The summed E-state index contributed by atoms with van der Waals surface area (Å²) in [5.41, 5.74) is 3.55. The summed E-state index contributed by atoms with van der Waals surface area (Å²) >= 11 is 6.10. The van der Waals surface area contributed by atoms with E-state index in [1.165, 1.54) is 0 Å². The predicted molar refractivity (Wildman–Crippen MR) is 162 cm³/mol. The van der Waals surface area contributed by atoms with E-state index in [0.29, 0.717) is 46.6 Å². The van der Waals surface area contributed by atoms with Crippen molar-refractivity contribution in [3.63, 3.8) is 0 Å². The summed E-state index contributed by atoms with van der Waals surface area (Å²) in [6.45, 7) is 2.69. The van der Waals surface area contributed by atoms with E-state index in [9.17, 15) is 9.59 Å². The number of halogens is 1. The van der Waals surface area contributed by atoms with E-state index in [1.54, 1.807) is 54.0 Å². The Morgan fingerprint density at radius 3 is 2.52 bits per heavy atom. The van der Waals surface area contributed by atoms with Gasteiger partial charge < -0.3 is 19.1 Å². The monoisotopic (exact) mass is 588 g/mol. The molecule has 0 radical (unpaired) electrons. The normalized spacial score (nSPS) is 14.4. The van der Waals surface area contributed by atoms with Crippen molar-refractivity contribution in [1.29, 1.82) is 0 Å². The standard InChI is InChI=1S/C32H33ClN4O5/c1-21-7-4-5-9-26(21)31(39)36(18-25-8-6-16-42-25)20-30(38)35-32-34-27(22-10-12-23(33)13-11-22)19-37(32)24-14-15-28(40-2)29(17-24)41-3/h4-5,7,9-15,17,19,25H,6,8,16,18,20H2,1-3H3,(H,34,35,38)/t25-/m0/s1. The fourth-order valence-electron chi connectivity index (χ4n) is 4.97. The van der Waals surface area contributed by atoms with Crippen LogP contribution in [-0.4, -0.2) is 66.3 Å². The summed E-state index contributed by atoms with van der Waals surface area (Å²) in [5, 5.41) is 3.54. The van der Waals surface area contributed by atoms with Gasteiger partial charge in [-0.25, -0.2) is 4.98 Å². The van der Waals surface area contributed by atoms with Gasteiger partial charge in [0.05, 0.1) is 31.7 Å². The SMILES string of the molecule is COc1ccc(-n2cc(-c3ccc(Cl)cc3)nc2NC(=O)CN(C[C@@H]2CCCO2)C(=O)c2ccccc2C)cc1OC. The Balaban J connectivity index is 1.46. The number of benzene rings is 3. The fraction of sp³-hybridized carbons (Fsp3) is 0.281. The molecule has 0 aliphatic carbocycles. The Kier molecular flexibility index (Phi) is 9.09. The zero-order chi connectivity index (χ0) is 29.6. The number of hydrogen-bond acceptors (Lipinski definition) is 6. The average molecular weight is 589 g/mol. The number of aryl methyl sites for hydroxylation is 1. The number of hydrogen-bond donors (Lipinski definition) is 1. The molecule has 2 amide bonds. The predicted octanol–water partition coefficient (Wildman–Crippen LogP) is 5.78. The molecule has 1 aliphatic rings. The van der Waals surface area contributed by atoms with Gasteiger partial charge in [-0.3, -0.25) is 19.5 Å². The molecule has 1 atom stereocenters. The lowest BCUT2D eigenvalue weighted by molar-refractivity contribution is -0.117. The van der Waals surface area contributed by atoms with Crippen LogP contribution in [0.25, 0.3) is 16.9 Å². The van der Waals surface area contributed by atoms with Gasteiger partial charge in [-0.15, -0.1) is 0 Å². The van der Waals surface area contributed by atoms with Crippen molar-refractivity contribution >= 4 is 29.4 Å². The molecule has 0 spiro atoms. The Morgan fingerprint density at radius 2 is 1.83 bits per heavy atom. The molecular weight excluding hydrogens is 556 g/mol. The molecule has 10 heteroatoms. The zero-order valence-electron chi connectivity index (χ0n) is 23.8. The molecule has 4 aromatic rings. The summed E-state index contributed by atoms with van der Waals surface area (Å²) in [7, 11) is 3.13. The first-order valence-electron chi connectivity index (χ1n) is 13.7. The number of methoxy groups -OCH3 is 2. The highest BCUT2D eigenvalue weighted by molar-refractivity contribution is 6.30. The first-order valence-corrected chi connectivity index (χ1v) is 14.1. The second-order valence-electron chi connectivity index (χ2n) is 10.0. The molecule has 9 nitrogen and oxygen atoms in total. The number of anilines is 1. The van der Waals surface area contributed by atoms with E-state index >= 15 is 0 Å². The van der Waals surface area contributed by atoms with Gasteiger partial charge in [0.1, 0.15) is 6.54 Å². The third-order valence-electron chi connectivity index (χ3n) is 7.19. The van der Waals surface area contributed by atoms with Crippen LogP contribution in [0.4, 0.5) is 5.95 Å². The molecule has 2 heterocycles. The molecule has 0 unspecified atom stereocenters. The smallest absolute Gasteiger partial charge is 0.254 e. The number of carbonyl (C=O) groups excluding carboxylic acids is 2. The minimum absolute atomic E-state index is 0.115. The summed E-state index contributed by atoms with van der Waals surface area (Å²) < 4.78 is 18.5.